The summed E-state index contributed by atoms with van der Waals surface area (Å²) >= 11 is 2.99. The van der Waals surface area contributed by atoms with E-state index in [1.54, 1.807) is 0 Å². The number of hydrogen-bond donors (Lipinski definition) is 1. The summed E-state index contributed by atoms with van der Waals surface area (Å²) in [7, 11) is -1.63. The van der Waals surface area contributed by atoms with Gasteiger partial charge in [0, 0.05) is 6.20 Å². The largest absolute Gasteiger partial charge is 0.434 e. The molecule has 0 saturated heterocycles. The second-order valence-corrected chi connectivity index (χ2v) is 15.6. The highest BCUT2D eigenvalue weighted by Gasteiger charge is 2.34. The van der Waals surface area contributed by atoms with Crippen molar-refractivity contribution >= 4 is 25.1 Å². The lowest BCUT2D eigenvalue weighted by Gasteiger charge is -2.46. The van der Waals surface area contributed by atoms with Crippen LogP contribution >= 0.6 is 25.1 Å². The Morgan fingerprint density at radius 1 is 1.32 bits per heavy atom. The smallest absolute Gasteiger partial charge is 0.360 e. The van der Waals surface area contributed by atoms with Crippen molar-refractivity contribution < 1.29 is 17.9 Å². The first kappa shape index (κ1) is 16.8. The highest BCUT2D eigenvalue weighted by Crippen LogP contribution is 2.54. The predicted molar refractivity (Wildman–Crippen MR) is 78.4 cm³/mol. The Labute approximate surface area is 119 Å². The Hall–Kier alpha value is -0.210. The van der Waals surface area contributed by atoms with Crippen LogP contribution in [0.3, 0.4) is 0 Å². The van der Waals surface area contributed by atoms with Gasteiger partial charge in [-0.1, -0.05) is 0 Å². The van der Waals surface area contributed by atoms with Crippen LogP contribution in [-0.4, -0.2) is 46.9 Å². The van der Waals surface area contributed by atoms with Gasteiger partial charge in [-0.2, -0.15) is 13.2 Å². The molecular weight excluding hydrogens is 345 g/mol. The molecule has 19 heavy (non-hydrogen) atoms. The van der Waals surface area contributed by atoms with Crippen LogP contribution in [0.5, 0.6) is 0 Å². The third-order valence-electron chi connectivity index (χ3n) is 2.38. The maximum Gasteiger partial charge on any atom is 0.434 e. The minimum absolute atomic E-state index is 0.0656. The Morgan fingerprint density at radius 3 is 2.32 bits per heavy atom. The van der Waals surface area contributed by atoms with Crippen LogP contribution in [0.1, 0.15) is 5.69 Å². The summed E-state index contributed by atoms with van der Waals surface area (Å²) in [5.74, 6) is 0.935. The van der Waals surface area contributed by atoms with E-state index in [0.29, 0.717) is 6.61 Å². The zero-order chi connectivity index (χ0) is 14.9. The lowest BCUT2D eigenvalue weighted by molar-refractivity contribution is -0.141. The van der Waals surface area contributed by atoms with Gasteiger partial charge in [-0.15, -0.1) is 0 Å². The van der Waals surface area contributed by atoms with Crippen LogP contribution in [0.4, 0.5) is 13.2 Å². The lowest BCUT2D eigenvalue weighted by atomic mass is 10.5. The highest BCUT2D eigenvalue weighted by molar-refractivity contribution is 9.10. The lowest BCUT2D eigenvalue weighted by Crippen LogP contribution is -2.19. The molecule has 0 aliphatic carbocycles. The molecule has 0 aromatic carbocycles. The standard InChI is InChI=1S/C11H20BrF3N2OS/c1-19(2,3,4)6-5-18-8-17-7-9(11(13,14)15)16-10(17)12/h7,19H,5-6,8H2,1-4H3. The van der Waals surface area contributed by atoms with E-state index in [1.807, 2.05) is 0 Å². The molecule has 1 aromatic heterocycles. The molecule has 0 unspecified atom stereocenters. The zero-order valence-electron chi connectivity index (χ0n) is 11.5. The summed E-state index contributed by atoms with van der Waals surface area (Å²) in [6.45, 7) is 0.597. The van der Waals surface area contributed by atoms with E-state index in [0.717, 1.165) is 11.9 Å². The summed E-state index contributed by atoms with van der Waals surface area (Å²) < 4.78 is 44.2. The van der Waals surface area contributed by atoms with Gasteiger partial charge in [0.25, 0.3) is 0 Å². The molecule has 0 fully saturated rings. The number of thiol groups is 1. The third kappa shape index (κ3) is 6.18. The summed E-state index contributed by atoms with van der Waals surface area (Å²) in [5, 5.41) is 0. The first-order chi connectivity index (χ1) is 8.35. The minimum atomic E-state index is -4.43. The van der Waals surface area contributed by atoms with Crippen molar-refractivity contribution in [1.29, 1.82) is 0 Å². The number of imidazole rings is 1. The van der Waals surface area contributed by atoms with Crippen molar-refractivity contribution in [3.8, 4) is 0 Å². The molecule has 0 bridgehead atoms. The number of rotatable bonds is 5. The Bertz CT molecular complexity index is 442. The molecule has 1 heterocycles. The van der Waals surface area contributed by atoms with E-state index in [-0.39, 0.29) is 11.5 Å². The number of hydrogen-bond acceptors (Lipinski definition) is 2. The molecular formula is C11H20BrF3N2OS. The first-order valence-electron chi connectivity index (χ1n) is 5.72. The molecule has 1 rings (SSSR count). The predicted octanol–water partition coefficient (Wildman–Crippen LogP) is 3.23. The van der Waals surface area contributed by atoms with Crippen LogP contribution in [0.25, 0.3) is 0 Å². The fourth-order valence-corrected chi connectivity index (χ4v) is 2.47. The van der Waals surface area contributed by atoms with Gasteiger partial charge in [-0.3, -0.25) is 9.16 Å². The quantitative estimate of drug-likeness (QED) is 0.641. The number of halogens is 4. The molecule has 0 N–H and O–H groups in total. The van der Waals surface area contributed by atoms with E-state index in [2.05, 4.69) is 45.9 Å². The summed E-state index contributed by atoms with van der Waals surface area (Å²) in [4.78, 5) is 3.41. The van der Waals surface area contributed by atoms with E-state index >= 15 is 0 Å². The average Bonchev–Trinajstić information content (AvgIpc) is 2.52. The Balaban J connectivity index is 2.53. The molecule has 0 radical (unpaired) electrons. The molecule has 0 aliphatic rings. The maximum absolute atomic E-state index is 12.4. The van der Waals surface area contributed by atoms with Crippen molar-refractivity contribution in [3.63, 3.8) is 0 Å². The number of ether oxygens (including phenoxy) is 1. The monoisotopic (exact) mass is 364 g/mol. The SMILES string of the molecule is C[SH](C)(C)(C)CCOCn1cc(C(F)(F)F)nc1Br. The van der Waals surface area contributed by atoms with E-state index < -0.39 is 21.0 Å². The molecule has 0 amide bonds. The van der Waals surface area contributed by atoms with Gasteiger partial charge >= 0.3 is 6.18 Å². The van der Waals surface area contributed by atoms with Crippen LogP contribution in [0, 0.1) is 0 Å². The Kier molecular flexibility index (Phi) is 4.69. The van der Waals surface area contributed by atoms with E-state index in [9.17, 15) is 13.2 Å². The van der Waals surface area contributed by atoms with Crippen molar-refractivity contribution in [2.45, 2.75) is 12.9 Å². The van der Waals surface area contributed by atoms with Gasteiger partial charge in [0.2, 0.25) is 0 Å². The van der Waals surface area contributed by atoms with E-state index in [1.165, 1.54) is 4.57 Å². The second kappa shape index (κ2) is 5.29. The van der Waals surface area contributed by atoms with E-state index in [4.69, 9.17) is 4.74 Å². The van der Waals surface area contributed by atoms with Gasteiger partial charge in [0.1, 0.15) is 6.73 Å². The highest BCUT2D eigenvalue weighted by atomic mass is 79.9. The molecule has 3 nitrogen and oxygen atoms in total. The summed E-state index contributed by atoms with van der Waals surface area (Å²) in [6.07, 6.45) is 5.42. The van der Waals surface area contributed by atoms with Crippen LogP contribution in [0.2, 0.25) is 0 Å². The van der Waals surface area contributed by atoms with Crippen LogP contribution < -0.4 is 0 Å². The van der Waals surface area contributed by atoms with Gasteiger partial charge in [0.05, 0.1) is 6.61 Å². The van der Waals surface area contributed by atoms with Crippen molar-refractivity contribution in [2.24, 2.45) is 0 Å². The molecule has 0 spiro atoms. The molecule has 114 valence electrons. The molecule has 8 heteroatoms. The van der Waals surface area contributed by atoms with Gasteiger partial charge in [-0.25, -0.2) is 4.98 Å². The fraction of sp³-hybridized carbons (Fsp3) is 0.727. The number of nitrogens with zero attached hydrogens (tertiary/aromatic N) is 2. The van der Waals surface area contributed by atoms with Crippen LogP contribution in [-0.2, 0) is 17.6 Å². The van der Waals surface area contributed by atoms with Gasteiger partial charge < -0.3 is 9.30 Å². The van der Waals surface area contributed by atoms with Gasteiger partial charge in [0.15, 0.2) is 10.4 Å². The molecule has 0 saturated carbocycles. The van der Waals surface area contributed by atoms with Crippen LogP contribution in [0.15, 0.2) is 10.9 Å². The maximum atomic E-state index is 12.4. The second-order valence-electron chi connectivity index (χ2n) is 6.57. The molecule has 0 atom stereocenters. The van der Waals surface area contributed by atoms with Gasteiger partial charge in [-0.05, 0) is 46.7 Å². The normalized spacial score (nSPS) is 15.3. The topological polar surface area (TPSA) is 27.1 Å². The van der Waals surface area contributed by atoms with Crippen molar-refractivity contribution in [3.05, 3.63) is 16.6 Å². The van der Waals surface area contributed by atoms with Crippen molar-refractivity contribution in [2.75, 3.05) is 37.4 Å². The summed E-state index contributed by atoms with van der Waals surface area (Å²) in [5.41, 5.74) is -0.917. The van der Waals surface area contributed by atoms with Crippen molar-refractivity contribution in [1.82, 2.24) is 9.55 Å². The molecule has 1 aromatic rings. The molecule has 0 aliphatic heterocycles. The first-order valence-corrected chi connectivity index (χ1v) is 10.7. The third-order valence-corrected chi connectivity index (χ3v) is 4.98. The minimum Gasteiger partial charge on any atom is -0.360 e. The number of alkyl halides is 3. The Morgan fingerprint density at radius 2 is 1.89 bits per heavy atom. The average molecular weight is 365 g/mol. The summed E-state index contributed by atoms with van der Waals surface area (Å²) in [6, 6.07) is 0. The fourth-order valence-electron chi connectivity index (χ4n) is 1.21. The zero-order valence-corrected chi connectivity index (χ0v) is 13.9. The number of aromatic nitrogens is 2.